The van der Waals surface area contributed by atoms with E-state index in [1.165, 1.54) is 19.2 Å². The van der Waals surface area contributed by atoms with E-state index in [1.54, 1.807) is 12.1 Å². The van der Waals surface area contributed by atoms with Crippen LogP contribution in [-0.4, -0.2) is 30.1 Å². The minimum atomic E-state index is -0.860. The van der Waals surface area contributed by atoms with E-state index in [4.69, 9.17) is 9.47 Å². The second-order valence-corrected chi connectivity index (χ2v) is 6.72. The number of esters is 1. The van der Waals surface area contributed by atoms with Crippen molar-refractivity contribution in [2.24, 2.45) is 0 Å². The molecule has 6 nitrogen and oxygen atoms in total. The summed E-state index contributed by atoms with van der Waals surface area (Å²) in [6.07, 6.45) is 0.260. The van der Waals surface area contributed by atoms with Crippen LogP contribution in [0.5, 0.6) is 11.5 Å². The van der Waals surface area contributed by atoms with Gasteiger partial charge in [-0.15, -0.1) is 0 Å². The first-order valence-electron chi connectivity index (χ1n) is 9.48. The molecule has 154 valence electrons. The van der Waals surface area contributed by atoms with E-state index in [1.807, 2.05) is 54.6 Å². The molecule has 0 saturated heterocycles. The molecule has 0 spiro atoms. The Bertz CT molecular complexity index is 986. The fourth-order valence-corrected chi connectivity index (χ4v) is 2.92. The van der Waals surface area contributed by atoms with Crippen LogP contribution < -0.4 is 10.1 Å². The van der Waals surface area contributed by atoms with Gasteiger partial charge in [-0.2, -0.15) is 0 Å². The molecule has 1 atom stereocenters. The van der Waals surface area contributed by atoms with Crippen molar-refractivity contribution in [3.05, 3.63) is 95.6 Å². The first kappa shape index (κ1) is 20.9. The van der Waals surface area contributed by atoms with Gasteiger partial charge in [0.2, 0.25) is 0 Å². The number of aromatic hydroxyl groups is 1. The summed E-state index contributed by atoms with van der Waals surface area (Å²) in [7, 11) is 1.27. The van der Waals surface area contributed by atoms with Crippen LogP contribution in [0.4, 0.5) is 0 Å². The molecule has 0 heterocycles. The fraction of sp³-hybridized carbons (Fsp3) is 0.167. The third-order valence-electron chi connectivity index (χ3n) is 4.51. The van der Waals surface area contributed by atoms with E-state index >= 15 is 0 Å². The monoisotopic (exact) mass is 405 g/mol. The van der Waals surface area contributed by atoms with Crippen molar-refractivity contribution in [3.8, 4) is 11.5 Å². The van der Waals surface area contributed by atoms with Crippen LogP contribution in [0, 0.1) is 0 Å². The summed E-state index contributed by atoms with van der Waals surface area (Å²) >= 11 is 0. The number of ether oxygens (including phenoxy) is 2. The summed E-state index contributed by atoms with van der Waals surface area (Å²) in [4.78, 5) is 24.6. The zero-order valence-electron chi connectivity index (χ0n) is 16.6. The molecule has 0 saturated carbocycles. The standard InChI is InChI=1S/C24H23NO5/c1-29-24(28)22(25-23(27)19-8-5-9-20(26)15-19)14-17-10-12-21(13-11-17)30-16-18-6-3-2-4-7-18/h2-13,15,22,26H,14,16H2,1H3,(H,25,27)/t22-/m1/s1. The van der Waals surface area contributed by atoms with E-state index in [0.29, 0.717) is 12.4 Å². The Hall–Kier alpha value is -3.80. The molecule has 3 aromatic rings. The molecule has 6 heteroatoms. The maximum absolute atomic E-state index is 12.4. The van der Waals surface area contributed by atoms with Crippen molar-refractivity contribution in [1.29, 1.82) is 0 Å². The molecule has 0 bridgehead atoms. The normalized spacial score (nSPS) is 11.4. The molecule has 0 unspecified atom stereocenters. The average molecular weight is 405 g/mol. The maximum atomic E-state index is 12.4. The van der Waals surface area contributed by atoms with Crippen molar-refractivity contribution >= 4 is 11.9 Å². The summed E-state index contributed by atoms with van der Waals surface area (Å²) in [5.41, 5.74) is 2.17. The van der Waals surface area contributed by atoms with E-state index < -0.39 is 17.9 Å². The van der Waals surface area contributed by atoms with Gasteiger partial charge in [-0.3, -0.25) is 4.79 Å². The number of phenolic OH excluding ortho intramolecular Hbond substituents is 1. The lowest BCUT2D eigenvalue weighted by molar-refractivity contribution is -0.142. The first-order chi connectivity index (χ1) is 14.5. The predicted octanol–water partition coefficient (Wildman–Crippen LogP) is 3.49. The van der Waals surface area contributed by atoms with Gasteiger partial charge in [0.1, 0.15) is 24.1 Å². The minimum absolute atomic E-state index is 0.0247. The van der Waals surface area contributed by atoms with Crippen molar-refractivity contribution in [2.75, 3.05) is 7.11 Å². The molecular weight excluding hydrogens is 382 g/mol. The molecule has 0 aromatic heterocycles. The number of carbonyl (C=O) groups is 2. The summed E-state index contributed by atoms with van der Waals surface area (Å²) in [5, 5.41) is 12.2. The van der Waals surface area contributed by atoms with Crippen molar-refractivity contribution in [2.45, 2.75) is 19.1 Å². The predicted molar refractivity (Wildman–Crippen MR) is 112 cm³/mol. The first-order valence-corrected chi connectivity index (χ1v) is 9.48. The van der Waals surface area contributed by atoms with Gasteiger partial charge in [0.15, 0.2) is 0 Å². The zero-order chi connectivity index (χ0) is 21.3. The number of nitrogens with one attached hydrogen (secondary N) is 1. The van der Waals surface area contributed by atoms with Crippen molar-refractivity contribution in [1.82, 2.24) is 5.32 Å². The van der Waals surface area contributed by atoms with Gasteiger partial charge < -0.3 is 19.9 Å². The van der Waals surface area contributed by atoms with Gasteiger partial charge in [0.05, 0.1) is 7.11 Å². The maximum Gasteiger partial charge on any atom is 0.328 e. The van der Waals surface area contributed by atoms with Crippen LogP contribution in [0.25, 0.3) is 0 Å². The quantitative estimate of drug-likeness (QED) is 0.561. The highest BCUT2D eigenvalue weighted by Gasteiger charge is 2.22. The molecule has 30 heavy (non-hydrogen) atoms. The van der Waals surface area contributed by atoms with Crippen LogP contribution in [0.2, 0.25) is 0 Å². The summed E-state index contributed by atoms with van der Waals surface area (Å²) in [6, 6.07) is 22.2. The van der Waals surface area contributed by atoms with Gasteiger partial charge >= 0.3 is 5.97 Å². The Morgan fingerprint density at radius 3 is 2.33 bits per heavy atom. The lowest BCUT2D eigenvalue weighted by atomic mass is 10.0. The number of hydrogen-bond donors (Lipinski definition) is 2. The number of amides is 1. The molecule has 0 aliphatic rings. The highest BCUT2D eigenvalue weighted by molar-refractivity contribution is 5.97. The Morgan fingerprint density at radius 1 is 0.933 bits per heavy atom. The van der Waals surface area contributed by atoms with Crippen molar-refractivity contribution in [3.63, 3.8) is 0 Å². The smallest absolute Gasteiger partial charge is 0.328 e. The van der Waals surface area contributed by atoms with Crippen LogP contribution in [0.3, 0.4) is 0 Å². The molecule has 0 fully saturated rings. The van der Waals surface area contributed by atoms with Gasteiger partial charge in [0.25, 0.3) is 5.91 Å². The minimum Gasteiger partial charge on any atom is -0.508 e. The zero-order valence-corrected chi connectivity index (χ0v) is 16.6. The highest BCUT2D eigenvalue weighted by atomic mass is 16.5. The Kier molecular flexibility index (Phi) is 7.05. The van der Waals surface area contributed by atoms with Gasteiger partial charge in [-0.1, -0.05) is 48.5 Å². The SMILES string of the molecule is COC(=O)[C@@H](Cc1ccc(OCc2ccccc2)cc1)NC(=O)c1cccc(O)c1. The topological polar surface area (TPSA) is 84.9 Å². The Labute approximate surface area is 175 Å². The van der Waals surface area contributed by atoms with E-state index in [2.05, 4.69) is 5.32 Å². The van der Waals surface area contributed by atoms with E-state index in [0.717, 1.165) is 11.1 Å². The fourth-order valence-electron chi connectivity index (χ4n) is 2.92. The van der Waals surface area contributed by atoms with Gasteiger partial charge in [0, 0.05) is 12.0 Å². The Morgan fingerprint density at radius 2 is 1.67 bits per heavy atom. The van der Waals surface area contributed by atoms with E-state index in [9.17, 15) is 14.7 Å². The molecule has 0 aliphatic heterocycles. The summed E-state index contributed by atoms with van der Waals surface area (Å²) < 4.78 is 10.6. The number of methoxy groups -OCH3 is 1. The van der Waals surface area contributed by atoms with Crippen LogP contribution in [-0.2, 0) is 22.6 Å². The number of rotatable bonds is 8. The highest BCUT2D eigenvalue weighted by Crippen LogP contribution is 2.16. The third-order valence-corrected chi connectivity index (χ3v) is 4.51. The number of hydrogen-bond acceptors (Lipinski definition) is 5. The molecule has 3 aromatic carbocycles. The average Bonchev–Trinajstić information content (AvgIpc) is 2.78. The van der Waals surface area contributed by atoms with Crippen molar-refractivity contribution < 1.29 is 24.2 Å². The lowest BCUT2D eigenvalue weighted by Gasteiger charge is -2.17. The second-order valence-electron chi connectivity index (χ2n) is 6.72. The molecular formula is C24H23NO5. The number of benzene rings is 3. The molecule has 0 aliphatic carbocycles. The number of phenols is 1. The van der Waals surface area contributed by atoms with Crippen LogP contribution >= 0.6 is 0 Å². The molecule has 0 radical (unpaired) electrons. The summed E-state index contributed by atoms with van der Waals surface area (Å²) in [6.45, 7) is 0.463. The third kappa shape index (κ3) is 5.85. The Balaban J connectivity index is 1.63. The van der Waals surface area contributed by atoms with Gasteiger partial charge in [-0.25, -0.2) is 4.79 Å². The van der Waals surface area contributed by atoms with Crippen LogP contribution in [0.15, 0.2) is 78.9 Å². The molecule has 1 amide bonds. The summed E-state index contributed by atoms with van der Waals surface area (Å²) in [5.74, 6) is -0.332. The second kappa shape index (κ2) is 10.1. The lowest BCUT2D eigenvalue weighted by Crippen LogP contribution is -2.43. The van der Waals surface area contributed by atoms with Gasteiger partial charge in [-0.05, 0) is 41.5 Å². The van der Waals surface area contributed by atoms with E-state index in [-0.39, 0.29) is 17.7 Å². The number of carbonyl (C=O) groups excluding carboxylic acids is 2. The largest absolute Gasteiger partial charge is 0.508 e. The molecule has 3 rings (SSSR count). The van der Waals surface area contributed by atoms with Crippen LogP contribution in [0.1, 0.15) is 21.5 Å². The molecule has 2 N–H and O–H groups in total.